The molecule has 2 heterocycles. The number of nitrogens with zero attached hydrogens (tertiary/aromatic N) is 1. The van der Waals surface area contributed by atoms with Crippen molar-refractivity contribution in [2.75, 3.05) is 0 Å². The second-order valence-electron chi connectivity index (χ2n) is 5.74. The molecule has 3 rings (SSSR count). The number of halogens is 1. The van der Waals surface area contributed by atoms with Gasteiger partial charge in [0.2, 0.25) is 0 Å². The maximum absolute atomic E-state index is 12.0. The molecule has 0 saturated heterocycles. The van der Waals surface area contributed by atoms with Gasteiger partial charge in [-0.25, -0.2) is 4.79 Å². The predicted molar refractivity (Wildman–Crippen MR) is 97.2 cm³/mol. The first-order chi connectivity index (χ1) is 11.5. The Bertz CT molecular complexity index is 857. The monoisotopic (exact) mass is 384 g/mol. The van der Waals surface area contributed by atoms with Crippen molar-refractivity contribution < 1.29 is 9.90 Å². The lowest BCUT2D eigenvalue weighted by molar-refractivity contribution is -0.132. The van der Waals surface area contributed by atoms with Gasteiger partial charge in [-0.15, -0.1) is 0 Å². The van der Waals surface area contributed by atoms with Gasteiger partial charge in [0, 0.05) is 34.2 Å². The fraction of sp³-hybridized carbons (Fsp3) is 0.158. The number of hydrogen-bond acceptors (Lipinski definition) is 3. The van der Waals surface area contributed by atoms with E-state index in [0.29, 0.717) is 11.3 Å². The number of allylic oxidation sites excluding steroid dienone is 3. The van der Waals surface area contributed by atoms with Crippen LogP contribution in [0.1, 0.15) is 30.9 Å². The Morgan fingerprint density at radius 1 is 1.21 bits per heavy atom. The van der Waals surface area contributed by atoms with Crippen molar-refractivity contribution in [1.82, 2.24) is 10.3 Å². The Morgan fingerprint density at radius 3 is 2.62 bits per heavy atom. The summed E-state index contributed by atoms with van der Waals surface area (Å²) in [5.41, 5.74) is 4.74. The molecule has 1 aromatic carbocycles. The van der Waals surface area contributed by atoms with Crippen molar-refractivity contribution in [3.05, 3.63) is 81.4 Å². The molecular formula is C19H17BrN2O2. The van der Waals surface area contributed by atoms with Gasteiger partial charge in [-0.1, -0.05) is 34.1 Å². The third-order valence-corrected chi connectivity index (χ3v) is 4.64. The smallest absolute Gasteiger partial charge is 0.334 e. The van der Waals surface area contributed by atoms with E-state index >= 15 is 0 Å². The van der Waals surface area contributed by atoms with Gasteiger partial charge in [-0.3, -0.25) is 4.98 Å². The maximum Gasteiger partial charge on any atom is 0.334 e. The molecule has 4 nitrogen and oxygen atoms in total. The zero-order chi connectivity index (χ0) is 17.3. The summed E-state index contributed by atoms with van der Waals surface area (Å²) < 4.78 is 0.920. The number of aliphatic carboxylic acids is 1. The first kappa shape index (κ1) is 16.5. The van der Waals surface area contributed by atoms with E-state index in [-0.39, 0.29) is 5.92 Å². The summed E-state index contributed by atoms with van der Waals surface area (Å²) in [6.45, 7) is 3.77. The van der Waals surface area contributed by atoms with E-state index in [1.165, 1.54) is 0 Å². The van der Waals surface area contributed by atoms with E-state index in [2.05, 4.69) is 26.2 Å². The number of hydrogen-bond donors (Lipinski definition) is 2. The standard InChI is InChI=1S/C19H17BrN2O2/c1-11-16(14-6-4-8-21-10-14)18(13-5-3-7-15(20)9-13)17(19(23)24)12(2)22-11/h3-10,18,22H,1-2H3,(H,23,24). The minimum atomic E-state index is -0.918. The molecule has 0 aliphatic carbocycles. The highest BCUT2D eigenvalue weighted by Gasteiger charge is 2.33. The number of carbonyl (C=O) groups is 1. The second kappa shape index (κ2) is 6.61. The predicted octanol–water partition coefficient (Wildman–Crippen LogP) is 4.32. The molecule has 0 amide bonds. The number of benzene rings is 1. The highest BCUT2D eigenvalue weighted by Crippen LogP contribution is 2.43. The van der Waals surface area contributed by atoms with Crippen LogP contribution in [0.15, 0.2) is 70.2 Å². The average Bonchev–Trinajstić information content (AvgIpc) is 2.54. The third-order valence-electron chi connectivity index (χ3n) is 4.15. The molecule has 2 aromatic rings. The highest BCUT2D eigenvalue weighted by molar-refractivity contribution is 9.10. The van der Waals surface area contributed by atoms with Gasteiger partial charge >= 0.3 is 5.97 Å². The van der Waals surface area contributed by atoms with Crippen molar-refractivity contribution in [1.29, 1.82) is 0 Å². The zero-order valence-corrected chi connectivity index (χ0v) is 15.0. The topological polar surface area (TPSA) is 62.2 Å². The van der Waals surface area contributed by atoms with E-state index in [0.717, 1.165) is 26.9 Å². The van der Waals surface area contributed by atoms with Crippen LogP contribution in [0.5, 0.6) is 0 Å². The number of nitrogens with one attached hydrogen (secondary N) is 1. The first-order valence-electron chi connectivity index (χ1n) is 7.56. The Kier molecular flexibility index (Phi) is 4.53. The molecule has 0 spiro atoms. The van der Waals surface area contributed by atoms with Crippen LogP contribution in [0.25, 0.3) is 5.57 Å². The molecule has 2 N–H and O–H groups in total. The lowest BCUT2D eigenvalue weighted by Gasteiger charge is -2.31. The number of dihydropyridines is 1. The molecule has 122 valence electrons. The molecule has 0 radical (unpaired) electrons. The van der Waals surface area contributed by atoms with Gasteiger partial charge in [0.15, 0.2) is 0 Å². The molecule has 1 aliphatic heterocycles. The minimum Gasteiger partial charge on any atom is -0.478 e. The molecular weight excluding hydrogens is 368 g/mol. The fourth-order valence-corrected chi connectivity index (χ4v) is 3.62. The molecule has 0 fully saturated rings. The molecule has 1 unspecified atom stereocenters. The summed E-state index contributed by atoms with van der Waals surface area (Å²) in [6, 6.07) is 11.6. The molecule has 0 bridgehead atoms. The Balaban J connectivity index is 2.25. The number of rotatable bonds is 3. The van der Waals surface area contributed by atoms with Crippen molar-refractivity contribution >= 4 is 27.5 Å². The van der Waals surface area contributed by atoms with Crippen LogP contribution in [-0.4, -0.2) is 16.1 Å². The van der Waals surface area contributed by atoms with Gasteiger partial charge in [0.05, 0.1) is 5.57 Å². The van der Waals surface area contributed by atoms with Crippen LogP contribution in [0.2, 0.25) is 0 Å². The molecule has 1 aromatic heterocycles. The summed E-state index contributed by atoms with van der Waals surface area (Å²) in [5, 5.41) is 13.0. The molecule has 24 heavy (non-hydrogen) atoms. The fourth-order valence-electron chi connectivity index (χ4n) is 3.20. The van der Waals surface area contributed by atoms with E-state index in [1.807, 2.05) is 43.3 Å². The maximum atomic E-state index is 12.0. The third kappa shape index (κ3) is 2.99. The Hall–Kier alpha value is -2.40. The zero-order valence-electron chi connectivity index (χ0n) is 13.4. The van der Waals surface area contributed by atoms with E-state index < -0.39 is 5.97 Å². The van der Waals surface area contributed by atoms with Crippen molar-refractivity contribution in [3.8, 4) is 0 Å². The normalized spacial score (nSPS) is 17.7. The van der Waals surface area contributed by atoms with Gasteiger partial charge in [0.1, 0.15) is 0 Å². The Morgan fingerprint density at radius 2 is 2.00 bits per heavy atom. The van der Waals surface area contributed by atoms with Crippen LogP contribution < -0.4 is 5.32 Å². The molecule has 5 heteroatoms. The largest absolute Gasteiger partial charge is 0.478 e. The van der Waals surface area contributed by atoms with Crippen LogP contribution in [-0.2, 0) is 4.79 Å². The molecule has 1 aliphatic rings. The highest BCUT2D eigenvalue weighted by atomic mass is 79.9. The van der Waals surface area contributed by atoms with Gasteiger partial charge < -0.3 is 10.4 Å². The lowest BCUT2D eigenvalue weighted by Crippen LogP contribution is -2.27. The summed E-state index contributed by atoms with van der Waals surface area (Å²) >= 11 is 3.48. The number of pyridine rings is 1. The summed E-state index contributed by atoms with van der Waals surface area (Å²) in [6.07, 6.45) is 3.48. The van der Waals surface area contributed by atoms with Crippen LogP contribution >= 0.6 is 15.9 Å². The summed E-state index contributed by atoms with van der Waals surface area (Å²) in [7, 11) is 0. The van der Waals surface area contributed by atoms with Crippen molar-refractivity contribution in [3.63, 3.8) is 0 Å². The SMILES string of the molecule is CC1=C(C(=O)O)C(c2cccc(Br)c2)C(c2cccnc2)=C(C)N1. The number of aromatic nitrogens is 1. The minimum absolute atomic E-state index is 0.356. The lowest BCUT2D eigenvalue weighted by atomic mass is 9.78. The van der Waals surface area contributed by atoms with E-state index in [4.69, 9.17) is 0 Å². The molecule has 1 atom stereocenters. The van der Waals surface area contributed by atoms with Crippen LogP contribution in [0.4, 0.5) is 0 Å². The van der Waals surface area contributed by atoms with Crippen LogP contribution in [0, 0.1) is 0 Å². The van der Waals surface area contributed by atoms with Gasteiger partial charge in [-0.2, -0.15) is 0 Å². The van der Waals surface area contributed by atoms with E-state index in [9.17, 15) is 9.90 Å². The van der Waals surface area contributed by atoms with Crippen molar-refractivity contribution in [2.24, 2.45) is 0 Å². The van der Waals surface area contributed by atoms with Gasteiger partial charge in [0.25, 0.3) is 0 Å². The van der Waals surface area contributed by atoms with Gasteiger partial charge in [-0.05, 0) is 48.7 Å². The number of carboxylic acids is 1. The Labute approximate surface area is 149 Å². The first-order valence-corrected chi connectivity index (χ1v) is 8.36. The second-order valence-corrected chi connectivity index (χ2v) is 6.65. The average molecular weight is 385 g/mol. The van der Waals surface area contributed by atoms with Crippen LogP contribution in [0.3, 0.4) is 0 Å². The van der Waals surface area contributed by atoms with Crippen molar-refractivity contribution in [2.45, 2.75) is 19.8 Å². The number of carboxylic acid groups (broad SMARTS) is 1. The summed E-state index contributed by atoms with van der Waals surface area (Å²) in [5.74, 6) is -1.27. The quantitative estimate of drug-likeness (QED) is 0.826. The summed E-state index contributed by atoms with van der Waals surface area (Å²) in [4.78, 5) is 16.2. The molecule has 0 saturated carbocycles. The van der Waals surface area contributed by atoms with E-state index in [1.54, 1.807) is 19.3 Å².